The number of aromatic amines is 1. The molecule has 3 aromatic rings. The molecule has 0 aliphatic carbocycles. The summed E-state index contributed by atoms with van der Waals surface area (Å²) >= 11 is 1.51. The summed E-state index contributed by atoms with van der Waals surface area (Å²) in [7, 11) is 0. The van der Waals surface area contributed by atoms with Gasteiger partial charge in [-0.25, -0.2) is 4.79 Å². The molecule has 25 heavy (non-hydrogen) atoms. The second-order valence-corrected chi connectivity index (χ2v) is 6.31. The quantitative estimate of drug-likeness (QED) is 0.722. The SMILES string of the molecule is CSc1cccc(Cn2c(=O)[nH]c3ccc(C(F)(F)F)cc3c2=O)c1. The molecule has 0 fully saturated rings. The molecule has 0 aliphatic heterocycles. The Morgan fingerprint density at radius 2 is 1.88 bits per heavy atom. The molecule has 0 unspecified atom stereocenters. The molecule has 1 N–H and O–H groups in total. The number of thioether (sulfide) groups is 1. The lowest BCUT2D eigenvalue weighted by atomic mass is 10.1. The van der Waals surface area contributed by atoms with E-state index in [1.165, 1.54) is 11.8 Å². The Balaban J connectivity index is 2.14. The minimum absolute atomic E-state index is 0.0191. The monoisotopic (exact) mass is 366 g/mol. The van der Waals surface area contributed by atoms with Crippen LogP contribution in [0.5, 0.6) is 0 Å². The molecule has 0 atom stereocenters. The number of fused-ring (bicyclic) bond motifs is 1. The van der Waals surface area contributed by atoms with Gasteiger partial charge in [-0.1, -0.05) is 12.1 Å². The Morgan fingerprint density at radius 3 is 2.56 bits per heavy atom. The molecule has 0 amide bonds. The van der Waals surface area contributed by atoms with E-state index in [1.807, 2.05) is 18.4 Å². The zero-order valence-electron chi connectivity index (χ0n) is 13.1. The van der Waals surface area contributed by atoms with Gasteiger partial charge in [0.15, 0.2) is 0 Å². The van der Waals surface area contributed by atoms with Gasteiger partial charge in [0.05, 0.1) is 23.0 Å². The van der Waals surface area contributed by atoms with E-state index in [9.17, 15) is 22.8 Å². The van der Waals surface area contributed by atoms with Crippen molar-refractivity contribution >= 4 is 22.7 Å². The van der Waals surface area contributed by atoms with Crippen LogP contribution in [0.4, 0.5) is 13.2 Å². The second-order valence-electron chi connectivity index (χ2n) is 5.43. The van der Waals surface area contributed by atoms with Crippen LogP contribution in [0.15, 0.2) is 56.9 Å². The van der Waals surface area contributed by atoms with Crippen molar-refractivity contribution in [1.29, 1.82) is 0 Å². The topological polar surface area (TPSA) is 54.9 Å². The molecule has 3 rings (SSSR count). The average molecular weight is 366 g/mol. The maximum absolute atomic E-state index is 12.9. The molecule has 1 aromatic heterocycles. The maximum atomic E-state index is 12.9. The van der Waals surface area contributed by atoms with Gasteiger partial charge in [-0.05, 0) is 42.2 Å². The summed E-state index contributed by atoms with van der Waals surface area (Å²) < 4.78 is 39.5. The molecule has 0 saturated carbocycles. The van der Waals surface area contributed by atoms with Crippen LogP contribution in [0.2, 0.25) is 0 Å². The molecule has 0 radical (unpaired) electrons. The van der Waals surface area contributed by atoms with Crippen molar-refractivity contribution in [2.75, 3.05) is 6.26 Å². The average Bonchev–Trinajstić information content (AvgIpc) is 2.57. The van der Waals surface area contributed by atoms with Crippen LogP contribution >= 0.6 is 11.8 Å². The van der Waals surface area contributed by atoms with Crippen LogP contribution in [0.1, 0.15) is 11.1 Å². The van der Waals surface area contributed by atoms with Crippen LogP contribution in [-0.2, 0) is 12.7 Å². The predicted molar refractivity (Wildman–Crippen MR) is 91.2 cm³/mol. The first-order valence-electron chi connectivity index (χ1n) is 7.26. The molecule has 0 aliphatic rings. The molecule has 2 aromatic carbocycles. The normalized spacial score (nSPS) is 11.8. The van der Waals surface area contributed by atoms with E-state index in [2.05, 4.69) is 4.98 Å². The van der Waals surface area contributed by atoms with E-state index in [0.717, 1.165) is 27.7 Å². The first-order valence-corrected chi connectivity index (χ1v) is 8.49. The van der Waals surface area contributed by atoms with Crippen LogP contribution in [0.25, 0.3) is 10.9 Å². The van der Waals surface area contributed by atoms with Crippen molar-refractivity contribution in [3.8, 4) is 0 Å². The minimum Gasteiger partial charge on any atom is -0.307 e. The third-order valence-electron chi connectivity index (χ3n) is 3.78. The van der Waals surface area contributed by atoms with Gasteiger partial charge in [0.25, 0.3) is 5.56 Å². The lowest BCUT2D eigenvalue weighted by Crippen LogP contribution is -2.35. The standard InChI is InChI=1S/C17H13F3N2O2S/c1-25-12-4-2-3-10(7-12)9-22-15(23)13-8-11(17(18,19)20)5-6-14(13)21-16(22)24/h2-8H,9H2,1H3,(H,21,24). The highest BCUT2D eigenvalue weighted by atomic mass is 32.2. The number of halogens is 3. The first kappa shape index (κ1) is 17.3. The predicted octanol–water partition coefficient (Wildman–Crippen LogP) is 3.48. The Labute approximate surface area is 144 Å². The Bertz CT molecular complexity index is 1050. The number of rotatable bonds is 3. The van der Waals surface area contributed by atoms with E-state index in [1.54, 1.807) is 12.1 Å². The van der Waals surface area contributed by atoms with Crippen molar-refractivity contribution in [3.63, 3.8) is 0 Å². The summed E-state index contributed by atoms with van der Waals surface area (Å²) in [5, 5.41) is -0.171. The summed E-state index contributed by atoms with van der Waals surface area (Å²) in [5.41, 5.74) is -1.55. The molecule has 4 nitrogen and oxygen atoms in total. The van der Waals surface area contributed by atoms with Crippen LogP contribution in [-0.4, -0.2) is 15.8 Å². The highest BCUT2D eigenvalue weighted by Crippen LogP contribution is 2.30. The van der Waals surface area contributed by atoms with Gasteiger partial charge in [-0.3, -0.25) is 9.36 Å². The highest BCUT2D eigenvalue weighted by Gasteiger charge is 2.30. The minimum atomic E-state index is -4.56. The highest BCUT2D eigenvalue weighted by molar-refractivity contribution is 7.98. The van der Waals surface area contributed by atoms with Crippen molar-refractivity contribution < 1.29 is 13.2 Å². The molecule has 0 bridgehead atoms. The number of nitrogens with one attached hydrogen (secondary N) is 1. The van der Waals surface area contributed by atoms with Crippen LogP contribution in [0.3, 0.4) is 0 Å². The molecular weight excluding hydrogens is 353 g/mol. The fraction of sp³-hybridized carbons (Fsp3) is 0.176. The van der Waals surface area contributed by atoms with E-state index < -0.39 is 23.0 Å². The number of hydrogen-bond acceptors (Lipinski definition) is 3. The number of H-pyrrole nitrogens is 1. The van der Waals surface area contributed by atoms with Gasteiger partial charge in [0, 0.05) is 4.90 Å². The van der Waals surface area contributed by atoms with Gasteiger partial charge >= 0.3 is 11.9 Å². The molecule has 8 heteroatoms. The summed E-state index contributed by atoms with van der Waals surface area (Å²) in [6, 6.07) is 9.96. The largest absolute Gasteiger partial charge is 0.416 e. The summed E-state index contributed by atoms with van der Waals surface area (Å²) in [4.78, 5) is 28.2. The lowest BCUT2D eigenvalue weighted by Gasteiger charge is -2.10. The molecule has 0 saturated heterocycles. The number of nitrogens with zero attached hydrogens (tertiary/aromatic N) is 1. The van der Waals surface area contributed by atoms with E-state index in [0.29, 0.717) is 5.56 Å². The number of hydrogen-bond donors (Lipinski definition) is 1. The van der Waals surface area contributed by atoms with Crippen LogP contribution in [0, 0.1) is 0 Å². The second kappa shape index (κ2) is 6.44. The Morgan fingerprint density at radius 1 is 1.12 bits per heavy atom. The van der Waals surface area contributed by atoms with E-state index in [-0.39, 0.29) is 17.4 Å². The third kappa shape index (κ3) is 3.48. The molecule has 130 valence electrons. The number of alkyl halides is 3. The van der Waals surface area contributed by atoms with Gasteiger partial charge in [0.1, 0.15) is 0 Å². The van der Waals surface area contributed by atoms with Crippen molar-refractivity contribution in [2.24, 2.45) is 0 Å². The van der Waals surface area contributed by atoms with Crippen molar-refractivity contribution in [1.82, 2.24) is 9.55 Å². The van der Waals surface area contributed by atoms with Gasteiger partial charge < -0.3 is 4.98 Å². The Kier molecular flexibility index (Phi) is 4.47. The molecule has 1 heterocycles. The van der Waals surface area contributed by atoms with Gasteiger partial charge in [-0.15, -0.1) is 11.8 Å². The van der Waals surface area contributed by atoms with Crippen molar-refractivity contribution in [3.05, 3.63) is 74.4 Å². The van der Waals surface area contributed by atoms with E-state index >= 15 is 0 Å². The number of aromatic nitrogens is 2. The molecule has 0 spiro atoms. The fourth-order valence-corrected chi connectivity index (χ4v) is 3.01. The van der Waals surface area contributed by atoms with Gasteiger partial charge in [-0.2, -0.15) is 13.2 Å². The lowest BCUT2D eigenvalue weighted by molar-refractivity contribution is -0.137. The molecular formula is C17H13F3N2O2S. The zero-order valence-corrected chi connectivity index (χ0v) is 13.9. The summed E-state index contributed by atoms with van der Waals surface area (Å²) in [6.45, 7) is -0.0191. The smallest absolute Gasteiger partial charge is 0.307 e. The number of benzene rings is 2. The van der Waals surface area contributed by atoms with Gasteiger partial charge in [0.2, 0.25) is 0 Å². The van der Waals surface area contributed by atoms with Crippen molar-refractivity contribution in [2.45, 2.75) is 17.6 Å². The fourth-order valence-electron chi connectivity index (χ4n) is 2.52. The van der Waals surface area contributed by atoms with Crippen LogP contribution < -0.4 is 11.2 Å². The first-order chi connectivity index (χ1) is 11.8. The summed E-state index contributed by atoms with van der Waals surface area (Å²) in [6.07, 6.45) is -2.67. The third-order valence-corrected chi connectivity index (χ3v) is 4.51. The summed E-state index contributed by atoms with van der Waals surface area (Å²) in [5.74, 6) is 0. The Hall–Kier alpha value is -2.48. The van der Waals surface area contributed by atoms with E-state index in [4.69, 9.17) is 0 Å². The zero-order chi connectivity index (χ0) is 18.2. The maximum Gasteiger partial charge on any atom is 0.416 e.